The maximum absolute atomic E-state index is 11.3. The topological polar surface area (TPSA) is 82.3 Å². The van der Waals surface area contributed by atoms with E-state index in [2.05, 4.69) is 40.2 Å². The highest BCUT2D eigenvalue weighted by Gasteiger charge is 2.17. The van der Waals surface area contributed by atoms with E-state index in [1.54, 1.807) is 14.0 Å². The van der Waals surface area contributed by atoms with Crippen molar-refractivity contribution in [3.8, 4) is 5.75 Å². The summed E-state index contributed by atoms with van der Waals surface area (Å²) in [5.41, 5.74) is 4.77. The molecule has 0 radical (unpaired) electrons. The quantitative estimate of drug-likeness (QED) is 0.221. The third-order valence-corrected chi connectivity index (χ3v) is 5.86. The molecular weight excluding hydrogens is 456 g/mol. The molecule has 1 N–H and O–H groups in total. The molecule has 36 heavy (non-hydrogen) atoms. The maximum atomic E-state index is 11.3. The van der Waals surface area contributed by atoms with E-state index in [-0.39, 0.29) is 0 Å². The second-order valence-corrected chi connectivity index (χ2v) is 8.25. The fourth-order valence-electron chi connectivity index (χ4n) is 4.12. The Morgan fingerprint density at radius 1 is 1.00 bits per heavy atom. The zero-order valence-corrected chi connectivity index (χ0v) is 20.5. The average molecular weight is 487 g/mol. The number of hydrogen-bond acceptors (Lipinski definition) is 5. The Morgan fingerprint density at radius 3 is 2.47 bits per heavy atom. The van der Waals surface area contributed by atoms with E-state index < -0.39 is 12.1 Å². The molecule has 7 heteroatoms. The first-order valence-electron chi connectivity index (χ1n) is 11.9. The molecule has 1 atom stereocenters. The van der Waals surface area contributed by atoms with Crippen molar-refractivity contribution in [2.45, 2.75) is 26.0 Å². The Morgan fingerprint density at radius 2 is 1.78 bits per heavy atom. The van der Waals surface area contributed by atoms with Crippen LogP contribution in [-0.2, 0) is 27.3 Å². The molecule has 0 unspecified atom stereocenters. The van der Waals surface area contributed by atoms with Gasteiger partial charge in [0.2, 0.25) is 0 Å². The number of aliphatic carboxylic acids is 1. The number of fused-ring (bicyclic) bond motifs is 1. The Labute approximate surface area is 210 Å². The molecule has 0 saturated carbocycles. The van der Waals surface area contributed by atoms with Gasteiger partial charge in [-0.3, -0.25) is 0 Å². The Bertz CT molecular complexity index is 1310. The molecular formula is C29H30N2O5. The van der Waals surface area contributed by atoms with Crippen LogP contribution in [-0.4, -0.2) is 47.8 Å². The summed E-state index contributed by atoms with van der Waals surface area (Å²) in [5, 5.41) is 14.6. The summed E-state index contributed by atoms with van der Waals surface area (Å²) >= 11 is 0. The highest BCUT2D eigenvalue weighted by molar-refractivity contribution is 6.13. The third kappa shape index (κ3) is 6.12. The van der Waals surface area contributed by atoms with Crippen LogP contribution < -0.4 is 4.74 Å². The number of rotatable bonds is 12. The van der Waals surface area contributed by atoms with Crippen LogP contribution in [0, 0.1) is 0 Å². The molecule has 0 fully saturated rings. The smallest absolute Gasteiger partial charge is 0.333 e. The number of nitrogens with zero attached hydrogens (tertiary/aromatic N) is 2. The van der Waals surface area contributed by atoms with Gasteiger partial charge < -0.3 is 24.0 Å². The van der Waals surface area contributed by atoms with Crippen molar-refractivity contribution < 1.29 is 24.2 Å². The van der Waals surface area contributed by atoms with Crippen molar-refractivity contribution in [1.82, 2.24) is 4.57 Å². The van der Waals surface area contributed by atoms with Gasteiger partial charge in [-0.15, -0.1) is 0 Å². The summed E-state index contributed by atoms with van der Waals surface area (Å²) in [6.45, 7) is 3.34. The van der Waals surface area contributed by atoms with Crippen molar-refractivity contribution in [1.29, 1.82) is 0 Å². The lowest BCUT2D eigenvalue weighted by Gasteiger charge is -2.13. The largest absolute Gasteiger partial charge is 0.492 e. The first kappa shape index (κ1) is 25.0. The monoisotopic (exact) mass is 486 g/mol. The van der Waals surface area contributed by atoms with Gasteiger partial charge in [-0.2, -0.15) is 0 Å². The number of carboxylic acid groups (broad SMARTS) is 1. The zero-order chi connectivity index (χ0) is 25.3. The van der Waals surface area contributed by atoms with Crippen LogP contribution in [0.4, 0.5) is 0 Å². The molecule has 4 rings (SSSR count). The third-order valence-electron chi connectivity index (χ3n) is 5.86. The molecule has 0 amide bonds. The molecule has 4 aromatic rings. The van der Waals surface area contributed by atoms with E-state index in [0.717, 1.165) is 39.1 Å². The van der Waals surface area contributed by atoms with Crippen LogP contribution in [0.15, 0.2) is 90.2 Å². The molecule has 0 aliphatic heterocycles. The van der Waals surface area contributed by atoms with Gasteiger partial charge in [0.1, 0.15) is 25.2 Å². The second kappa shape index (κ2) is 12.0. The van der Waals surface area contributed by atoms with Gasteiger partial charge in [-0.1, -0.05) is 53.7 Å². The first-order chi connectivity index (χ1) is 17.6. The number of aromatic nitrogens is 1. The SMILES string of the molecule is CCO[C@H](Cc1ccc(OCCn2ccc3cc(/C(=N\OC)c4ccccc4)ccc32)cc1)C(=O)O. The number of oxime groups is 1. The van der Waals surface area contributed by atoms with Crippen LogP contribution in [0.3, 0.4) is 0 Å². The van der Waals surface area contributed by atoms with E-state index in [4.69, 9.17) is 14.3 Å². The minimum atomic E-state index is -0.953. The molecule has 0 spiro atoms. The van der Waals surface area contributed by atoms with Gasteiger partial charge in [0, 0.05) is 41.3 Å². The van der Waals surface area contributed by atoms with Gasteiger partial charge in [-0.05, 0) is 42.8 Å². The Balaban J connectivity index is 1.39. The second-order valence-electron chi connectivity index (χ2n) is 8.25. The van der Waals surface area contributed by atoms with E-state index in [1.165, 1.54) is 0 Å². The summed E-state index contributed by atoms with van der Waals surface area (Å²) in [5.74, 6) is -0.213. The normalized spacial score (nSPS) is 12.4. The summed E-state index contributed by atoms with van der Waals surface area (Å²) in [6.07, 6.45) is 1.53. The number of benzene rings is 3. The highest BCUT2D eigenvalue weighted by Crippen LogP contribution is 2.21. The summed E-state index contributed by atoms with van der Waals surface area (Å²) in [6, 6.07) is 25.8. The molecule has 1 aromatic heterocycles. The van der Waals surface area contributed by atoms with Crippen molar-refractivity contribution in [2.24, 2.45) is 5.16 Å². The number of carbonyl (C=O) groups is 1. The van der Waals surface area contributed by atoms with Crippen LogP contribution in [0.1, 0.15) is 23.6 Å². The van der Waals surface area contributed by atoms with Crippen molar-refractivity contribution in [2.75, 3.05) is 20.3 Å². The van der Waals surface area contributed by atoms with E-state index >= 15 is 0 Å². The van der Waals surface area contributed by atoms with Crippen LogP contribution >= 0.6 is 0 Å². The predicted molar refractivity (Wildman–Crippen MR) is 140 cm³/mol. The lowest BCUT2D eigenvalue weighted by molar-refractivity contribution is -0.149. The summed E-state index contributed by atoms with van der Waals surface area (Å²) < 4.78 is 13.4. The van der Waals surface area contributed by atoms with Gasteiger partial charge in [0.25, 0.3) is 0 Å². The standard InChI is InChI=1S/C29H30N2O5/c1-3-35-27(29(32)33)19-21-9-12-25(13-10-21)36-18-17-31-16-15-23-20-24(11-14-26(23)31)28(30-34-2)22-7-5-4-6-8-22/h4-16,20,27H,3,17-19H2,1-2H3,(H,32,33)/b30-28-/t27-/m1/s1. The van der Waals surface area contributed by atoms with Crippen molar-refractivity contribution in [3.05, 3.63) is 102 Å². The van der Waals surface area contributed by atoms with E-state index in [1.807, 2.05) is 54.6 Å². The molecule has 0 saturated heterocycles. The Hall–Kier alpha value is -4.10. The lowest BCUT2D eigenvalue weighted by atomic mass is 10.0. The Kier molecular flexibility index (Phi) is 8.36. The number of ether oxygens (including phenoxy) is 2. The molecule has 0 aliphatic rings. The average Bonchev–Trinajstić information content (AvgIpc) is 3.30. The van der Waals surface area contributed by atoms with Gasteiger partial charge in [0.05, 0.1) is 6.54 Å². The van der Waals surface area contributed by atoms with Gasteiger partial charge in [-0.25, -0.2) is 4.79 Å². The van der Waals surface area contributed by atoms with Crippen LogP contribution in [0.5, 0.6) is 5.75 Å². The van der Waals surface area contributed by atoms with Crippen molar-refractivity contribution >= 4 is 22.6 Å². The highest BCUT2D eigenvalue weighted by atomic mass is 16.6. The van der Waals surface area contributed by atoms with Gasteiger partial charge >= 0.3 is 5.97 Å². The fraction of sp³-hybridized carbons (Fsp3) is 0.241. The predicted octanol–water partition coefficient (Wildman–Crippen LogP) is 5.15. The fourth-order valence-corrected chi connectivity index (χ4v) is 4.12. The molecule has 0 bridgehead atoms. The molecule has 1 heterocycles. The van der Waals surface area contributed by atoms with E-state index in [0.29, 0.717) is 26.2 Å². The molecule has 0 aliphatic carbocycles. The summed E-state index contributed by atoms with van der Waals surface area (Å²) in [7, 11) is 1.55. The molecule has 7 nitrogen and oxygen atoms in total. The van der Waals surface area contributed by atoms with E-state index in [9.17, 15) is 9.90 Å². The van der Waals surface area contributed by atoms with Gasteiger partial charge in [0.15, 0.2) is 6.10 Å². The minimum Gasteiger partial charge on any atom is -0.492 e. The minimum absolute atomic E-state index is 0.321. The van der Waals surface area contributed by atoms with Crippen LogP contribution in [0.2, 0.25) is 0 Å². The number of carboxylic acids is 1. The number of hydrogen-bond donors (Lipinski definition) is 1. The van der Waals surface area contributed by atoms with Crippen LogP contribution in [0.25, 0.3) is 10.9 Å². The van der Waals surface area contributed by atoms with Crippen molar-refractivity contribution in [3.63, 3.8) is 0 Å². The molecule has 3 aromatic carbocycles. The molecule has 186 valence electrons. The first-order valence-corrected chi connectivity index (χ1v) is 11.9. The summed E-state index contributed by atoms with van der Waals surface area (Å²) in [4.78, 5) is 16.4. The lowest BCUT2D eigenvalue weighted by Crippen LogP contribution is -2.26. The zero-order valence-electron chi connectivity index (χ0n) is 20.5. The maximum Gasteiger partial charge on any atom is 0.333 e.